The summed E-state index contributed by atoms with van der Waals surface area (Å²) in [6.45, 7) is 1.66. The summed E-state index contributed by atoms with van der Waals surface area (Å²) < 4.78 is 41.8. The summed E-state index contributed by atoms with van der Waals surface area (Å²) in [7, 11) is -4.15. The second kappa shape index (κ2) is 11.5. The number of aryl methyl sites for hydroxylation is 1. The molecule has 9 heteroatoms. The monoisotopic (exact) mass is 506 g/mol. The minimum absolute atomic E-state index is 0.0114. The molecule has 0 atom stereocenters. The van der Waals surface area contributed by atoms with E-state index in [2.05, 4.69) is 5.32 Å². The van der Waals surface area contributed by atoms with Crippen molar-refractivity contribution >= 4 is 45.0 Å². The first-order valence-electron chi connectivity index (χ1n) is 10.2. The van der Waals surface area contributed by atoms with Crippen LogP contribution in [0.25, 0.3) is 0 Å². The fourth-order valence-electron chi connectivity index (χ4n) is 3.01. The van der Waals surface area contributed by atoms with Gasteiger partial charge in [-0.25, -0.2) is 12.8 Å². The number of anilines is 1. The Morgan fingerprint density at radius 1 is 1.03 bits per heavy atom. The molecular weight excluding hydrogens is 483 g/mol. The van der Waals surface area contributed by atoms with E-state index >= 15 is 0 Å². The van der Waals surface area contributed by atoms with Crippen molar-refractivity contribution in [3.8, 4) is 0 Å². The van der Waals surface area contributed by atoms with Crippen molar-refractivity contribution < 1.29 is 17.6 Å². The van der Waals surface area contributed by atoms with E-state index in [1.165, 1.54) is 30.3 Å². The molecule has 3 rings (SSSR count). The molecule has 0 bridgehead atoms. The minimum Gasteiger partial charge on any atom is -0.354 e. The summed E-state index contributed by atoms with van der Waals surface area (Å²) in [5.74, 6) is 0.162. The first-order valence-corrected chi connectivity index (χ1v) is 13.2. The number of thioether (sulfide) groups is 1. The van der Waals surface area contributed by atoms with E-state index in [9.17, 15) is 17.6 Å². The third-order valence-electron chi connectivity index (χ3n) is 4.77. The molecule has 3 aromatic rings. The van der Waals surface area contributed by atoms with E-state index in [4.69, 9.17) is 11.6 Å². The number of sulfonamides is 1. The van der Waals surface area contributed by atoms with Crippen molar-refractivity contribution in [2.24, 2.45) is 0 Å². The SMILES string of the molecule is Cc1ccc(S(=O)(=O)N(CC(=O)NCCSCc2ccc(Cl)cc2)c2ccccc2F)cc1. The van der Waals surface area contributed by atoms with Crippen molar-refractivity contribution in [1.82, 2.24) is 5.32 Å². The summed E-state index contributed by atoms with van der Waals surface area (Å²) in [5, 5.41) is 3.40. The van der Waals surface area contributed by atoms with Gasteiger partial charge in [0.15, 0.2) is 0 Å². The number of benzene rings is 3. The molecule has 1 N–H and O–H groups in total. The van der Waals surface area contributed by atoms with E-state index in [0.29, 0.717) is 17.3 Å². The summed E-state index contributed by atoms with van der Waals surface area (Å²) in [5.41, 5.74) is 1.83. The Morgan fingerprint density at radius 2 is 1.70 bits per heavy atom. The van der Waals surface area contributed by atoms with Gasteiger partial charge < -0.3 is 5.32 Å². The third kappa shape index (κ3) is 6.96. The van der Waals surface area contributed by atoms with Crippen LogP contribution in [0.4, 0.5) is 10.1 Å². The zero-order valence-electron chi connectivity index (χ0n) is 18.0. The number of amides is 1. The van der Waals surface area contributed by atoms with Crippen molar-refractivity contribution in [2.45, 2.75) is 17.6 Å². The molecule has 0 heterocycles. The van der Waals surface area contributed by atoms with Crippen molar-refractivity contribution in [3.63, 3.8) is 0 Å². The van der Waals surface area contributed by atoms with Crippen LogP contribution in [-0.4, -0.2) is 33.2 Å². The second-order valence-corrected chi connectivity index (χ2v) is 10.7. The Kier molecular flexibility index (Phi) is 8.77. The molecule has 0 saturated carbocycles. The maximum atomic E-state index is 14.5. The van der Waals surface area contributed by atoms with Gasteiger partial charge >= 0.3 is 0 Å². The fraction of sp³-hybridized carbons (Fsp3) is 0.208. The molecule has 0 spiro atoms. The van der Waals surface area contributed by atoms with E-state index in [1.54, 1.807) is 23.9 Å². The van der Waals surface area contributed by atoms with Gasteiger partial charge in [0, 0.05) is 23.1 Å². The van der Waals surface area contributed by atoms with Crippen molar-refractivity contribution in [1.29, 1.82) is 0 Å². The summed E-state index contributed by atoms with van der Waals surface area (Å²) in [6.07, 6.45) is 0. The average Bonchev–Trinajstić information content (AvgIpc) is 2.79. The van der Waals surface area contributed by atoms with Crippen molar-refractivity contribution in [2.75, 3.05) is 23.1 Å². The van der Waals surface area contributed by atoms with Crippen molar-refractivity contribution in [3.05, 3.63) is 94.8 Å². The molecule has 0 unspecified atom stereocenters. The summed E-state index contributed by atoms with van der Waals surface area (Å²) >= 11 is 7.51. The number of nitrogens with one attached hydrogen (secondary N) is 1. The molecule has 33 heavy (non-hydrogen) atoms. The smallest absolute Gasteiger partial charge is 0.264 e. The van der Waals surface area contributed by atoms with Crippen LogP contribution < -0.4 is 9.62 Å². The number of rotatable bonds is 10. The average molecular weight is 507 g/mol. The zero-order chi connectivity index (χ0) is 23.8. The highest BCUT2D eigenvalue weighted by atomic mass is 35.5. The van der Waals surface area contributed by atoms with Gasteiger partial charge in [0.1, 0.15) is 12.4 Å². The molecule has 0 fully saturated rings. The molecule has 0 saturated heterocycles. The van der Waals surface area contributed by atoms with Crippen LogP contribution in [-0.2, 0) is 20.6 Å². The van der Waals surface area contributed by atoms with Gasteiger partial charge in [-0.05, 0) is 48.9 Å². The molecule has 0 aromatic heterocycles. The van der Waals surface area contributed by atoms with E-state index in [-0.39, 0.29) is 10.6 Å². The van der Waals surface area contributed by atoms with Gasteiger partial charge in [-0.3, -0.25) is 9.10 Å². The second-order valence-electron chi connectivity index (χ2n) is 7.31. The fourth-order valence-corrected chi connectivity index (χ4v) is 5.38. The van der Waals surface area contributed by atoms with Crippen LogP contribution >= 0.6 is 23.4 Å². The quantitative estimate of drug-likeness (QED) is 0.391. The topological polar surface area (TPSA) is 66.5 Å². The lowest BCUT2D eigenvalue weighted by atomic mass is 10.2. The van der Waals surface area contributed by atoms with Gasteiger partial charge in [0.2, 0.25) is 5.91 Å². The van der Waals surface area contributed by atoms with E-state index in [0.717, 1.165) is 27.3 Å². The molecule has 3 aromatic carbocycles. The third-order valence-corrected chi connectivity index (χ3v) is 7.82. The largest absolute Gasteiger partial charge is 0.354 e. The summed E-state index contributed by atoms with van der Waals surface area (Å²) in [4.78, 5) is 12.6. The molecule has 0 aliphatic carbocycles. The number of para-hydroxylation sites is 1. The predicted octanol–water partition coefficient (Wildman–Crippen LogP) is 5.03. The highest BCUT2D eigenvalue weighted by Crippen LogP contribution is 2.26. The van der Waals surface area contributed by atoms with Crippen LogP contribution in [0.2, 0.25) is 5.02 Å². The van der Waals surface area contributed by atoms with Gasteiger partial charge in [-0.15, -0.1) is 0 Å². The number of hydrogen-bond donors (Lipinski definition) is 1. The Balaban J connectivity index is 1.65. The zero-order valence-corrected chi connectivity index (χ0v) is 20.4. The first kappa shape index (κ1) is 25.1. The van der Waals surface area contributed by atoms with Gasteiger partial charge in [0.25, 0.3) is 10.0 Å². The standard InChI is InChI=1S/C24H24ClFN2O3S2/c1-18-6-12-21(13-7-18)33(30,31)28(23-5-3-2-4-22(23)26)16-24(29)27-14-15-32-17-19-8-10-20(25)11-9-19/h2-13H,14-17H2,1H3,(H,27,29). The van der Waals surface area contributed by atoms with E-state index < -0.39 is 28.3 Å². The maximum absolute atomic E-state index is 14.5. The molecule has 0 radical (unpaired) electrons. The Bertz CT molecular complexity index is 1190. The molecular formula is C24H24ClFN2O3S2. The van der Waals surface area contributed by atoms with Gasteiger partial charge in [-0.2, -0.15) is 11.8 Å². The number of carbonyl (C=O) groups excluding carboxylic acids is 1. The lowest BCUT2D eigenvalue weighted by molar-refractivity contribution is -0.119. The van der Waals surface area contributed by atoms with Crippen LogP contribution in [0.3, 0.4) is 0 Å². The van der Waals surface area contributed by atoms with Crippen LogP contribution in [0.5, 0.6) is 0 Å². The minimum atomic E-state index is -4.15. The highest BCUT2D eigenvalue weighted by Gasteiger charge is 2.29. The lowest BCUT2D eigenvalue weighted by Gasteiger charge is -2.24. The molecule has 5 nitrogen and oxygen atoms in total. The molecule has 174 valence electrons. The van der Waals surface area contributed by atoms with E-state index in [1.807, 2.05) is 31.2 Å². The molecule has 1 amide bonds. The number of hydrogen-bond acceptors (Lipinski definition) is 4. The van der Waals surface area contributed by atoms with Crippen LogP contribution in [0.15, 0.2) is 77.7 Å². The highest BCUT2D eigenvalue weighted by molar-refractivity contribution is 7.98. The number of carbonyl (C=O) groups is 1. The number of halogens is 2. The summed E-state index contributed by atoms with van der Waals surface area (Å²) in [6, 6.07) is 19.2. The lowest BCUT2D eigenvalue weighted by Crippen LogP contribution is -2.41. The molecule has 0 aliphatic rings. The Morgan fingerprint density at radius 3 is 2.36 bits per heavy atom. The Labute approximate surface area is 203 Å². The molecule has 0 aliphatic heterocycles. The Hall–Kier alpha value is -2.55. The first-order chi connectivity index (χ1) is 15.8. The predicted molar refractivity (Wildman–Crippen MR) is 133 cm³/mol. The van der Waals surface area contributed by atoms with Crippen LogP contribution in [0, 0.1) is 12.7 Å². The normalized spacial score (nSPS) is 11.2. The number of nitrogens with zero attached hydrogens (tertiary/aromatic N) is 1. The van der Waals surface area contributed by atoms with Gasteiger partial charge in [0.05, 0.1) is 10.6 Å². The van der Waals surface area contributed by atoms with Crippen LogP contribution in [0.1, 0.15) is 11.1 Å². The van der Waals surface area contributed by atoms with Gasteiger partial charge in [-0.1, -0.05) is 53.6 Å². The maximum Gasteiger partial charge on any atom is 0.264 e.